The van der Waals surface area contributed by atoms with Gasteiger partial charge < -0.3 is 34.7 Å². The van der Waals surface area contributed by atoms with Crippen LogP contribution in [0.1, 0.15) is 24.5 Å². The molecule has 5 rings (SSSR count). The lowest BCUT2D eigenvalue weighted by Gasteiger charge is -2.51. The van der Waals surface area contributed by atoms with Crippen LogP contribution in [0.5, 0.6) is 0 Å². The minimum Gasteiger partial charge on any atom is -0.479 e. The smallest absolute Gasteiger partial charge is 0.335 e. The van der Waals surface area contributed by atoms with Crippen molar-refractivity contribution in [3.05, 3.63) is 53.3 Å². The summed E-state index contributed by atoms with van der Waals surface area (Å²) in [5.74, 6) is -3.00. The van der Waals surface area contributed by atoms with E-state index in [0.717, 1.165) is 27.4 Å². The highest BCUT2D eigenvalue weighted by Crippen LogP contribution is 2.53. The van der Waals surface area contributed by atoms with Gasteiger partial charge in [-0.3, -0.25) is 27.9 Å². The van der Waals surface area contributed by atoms with E-state index in [1.165, 1.54) is 42.3 Å². The van der Waals surface area contributed by atoms with E-state index in [2.05, 4.69) is 9.97 Å². The minimum absolute atomic E-state index is 0.201. The van der Waals surface area contributed by atoms with Crippen LogP contribution in [0.15, 0.2) is 19.2 Å². The van der Waals surface area contributed by atoms with E-state index < -0.39 is 75.9 Å². The number of rotatable bonds is 3. The Morgan fingerprint density at radius 1 is 0.732 bits per heavy atom. The van der Waals surface area contributed by atoms with Gasteiger partial charge in [-0.1, -0.05) is 0 Å². The molecule has 5 N–H and O–H groups in total. The fourth-order valence-corrected chi connectivity index (χ4v) is 5.87. The number of aromatic nitrogens is 8. The Balaban J connectivity index is 1.95. The third-order valence-corrected chi connectivity index (χ3v) is 8.25. The summed E-state index contributed by atoms with van der Waals surface area (Å²) in [5, 5.41) is 56.8. The summed E-state index contributed by atoms with van der Waals surface area (Å²) >= 11 is 0. The third-order valence-electron chi connectivity index (χ3n) is 8.25. The number of aliphatic hydroxyl groups is 4. The number of hydrogen-bond acceptors (Lipinski definition) is 11. The minimum atomic E-state index is -3.02. The lowest BCUT2D eigenvalue weighted by atomic mass is 9.63. The Morgan fingerprint density at radius 3 is 1.59 bits per heavy atom. The Kier molecular flexibility index (Phi) is 5.71. The molecule has 41 heavy (non-hydrogen) atoms. The van der Waals surface area contributed by atoms with Gasteiger partial charge in [-0.2, -0.15) is 0 Å². The second kappa shape index (κ2) is 8.32. The molecule has 4 aromatic heterocycles. The quantitative estimate of drug-likeness (QED) is 0.155. The molecule has 0 bridgehead atoms. The molecule has 1 saturated carbocycles. The highest BCUT2D eigenvalue weighted by Gasteiger charge is 2.69. The SMILES string of the molecule is Cn1c(=O)c2c(nc(C3(O)[C@H](O)CC(O)(C(=O)O)C[C@@]3(O)c3nc4c(c(=O)n(C)c(=O)n4C)n3C)n2C)n(C)c1=O. The van der Waals surface area contributed by atoms with Gasteiger partial charge >= 0.3 is 17.3 Å². The van der Waals surface area contributed by atoms with Gasteiger partial charge in [0.15, 0.2) is 39.1 Å². The second-order valence-corrected chi connectivity index (χ2v) is 10.6. The van der Waals surface area contributed by atoms with Crippen LogP contribution in [0.25, 0.3) is 22.3 Å². The highest BCUT2D eigenvalue weighted by atomic mass is 16.4. The highest BCUT2D eigenvalue weighted by molar-refractivity contribution is 5.78. The zero-order valence-electron chi connectivity index (χ0n) is 22.8. The summed E-state index contributed by atoms with van der Waals surface area (Å²) in [4.78, 5) is 71.8. The van der Waals surface area contributed by atoms with Crippen LogP contribution >= 0.6 is 0 Å². The number of aryl methyl sites for hydroxylation is 4. The summed E-state index contributed by atoms with van der Waals surface area (Å²) in [6.45, 7) is 0. The monoisotopic (exact) mass is 576 g/mol. The molecule has 1 aliphatic carbocycles. The fraction of sp³-hybridized carbons (Fsp3) is 0.522. The summed E-state index contributed by atoms with van der Waals surface area (Å²) in [6.07, 6.45) is -4.43. The Labute approximate surface area is 227 Å². The molecule has 0 saturated heterocycles. The molecule has 0 amide bonds. The van der Waals surface area contributed by atoms with E-state index in [1.807, 2.05) is 0 Å². The maximum atomic E-state index is 13.0. The molecule has 18 heteroatoms. The molecule has 1 fully saturated rings. The van der Waals surface area contributed by atoms with E-state index >= 15 is 0 Å². The number of carboxylic acid groups (broad SMARTS) is 1. The molecule has 0 aliphatic heterocycles. The van der Waals surface area contributed by atoms with Gasteiger partial charge in [-0.25, -0.2) is 24.4 Å². The van der Waals surface area contributed by atoms with Crippen molar-refractivity contribution in [1.29, 1.82) is 0 Å². The molecular formula is C23H28N8O10. The summed E-state index contributed by atoms with van der Waals surface area (Å²) < 4.78 is 5.59. The molecule has 0 spiro atoms. The number of imidazole rings is 2. The molecule has 0 aromatic carbocycles. The van der Waals surface area contributed by atoms with Gasteiger partial charge in [0.2, 0.25) is 0 Å². The summed E-state index contributed by atoms with van der Waals surface area (Å²) in [7, 11) is 7.55. The van der Waals surface area contributed by atoms with Gasteiger partial charge in [0.1, 0.15) is 11.6 Å². The molecule has 220 valence electrons. The molecule has 0 radical (unpaired) electrons. The molecule has 1 aliphatic rings. The fourth-order valence-electron chi connectivity index (χ4n) is 5.87. The van der Waals surface area contributed by atoms with E-state index in [1.54, 1.807) is 0 Å². The summed E-state index contributed by atoms with van der Waals surface area (Å²) in [6, 6.07) is 0. The zero-order valence-corrected chi connectivity index (χ0v) is 22.8. The summed E-state index contributed by atoms with van der Waals surface area (Å²) in [5.41, 5.74) is -12.9. The van der Waals surface area contributed by atoms with Crippen molar-refractivity contribution in [1.82, 2.24) is 37.4 Å². The van der Waals surface area contributed by atoms with E-state index in [0.29, 0.717) is 0 Å². The molecule has 18 nitrogen and oxygen atoms in total. The first-order chi connectivity index (χ1) is 18.8. The van der Waals surface area contributed by atoms with Gasteiger partial charge in [0.25, 0.3) is 11.1 Å². The number of carbonyl (C=O) groups is 1. The van der Waals surface area contributed by atoms with Crippen LogP contribution in [0.4, 0.5) is 0 Å². The first kappa shape index (κ1) is 28.1. The van der Waals surface area contributed by atoms with E-state index in [9.17, 15) is 49.5 Å². The van der Waals surface area contributed by atoms with Gasteiger partial charge in [-0.15, -0.1) is 0 Å². The molecule has 2 unspecified atom stereocenters. The Bertz CT molecular complexity index is 2060. The predicted octanol–water partition coefficient (Wildman–Crippen LogP) is -4.70. The molecule has 4 heterocycles. The van der Waals surface area contributed by atoms with Crippen molar-refractivity contribution in [2.24, 2.45) is 42.3 Å². The Hall–Kier alpha value is -4.39. The third kappa shape index (κ3) is 3.23. The largest absolute Gasteiger partial charge is 0.479 e. The molecule has 4 aromatic rings. The van der Waals surface area contributed by atoms with Gasteiger partial charge in [0.05, 0.1) is 6.10 Å². The lowest BCUT2D eigenvalue weighted by Crippen LogP contribution is -2.68. The van der Waals surface area contributed by atoms with Crippen molar-refractivity contribution < 1.29 is 30.3 Å². The van der Waals surface area contributed by atoms with Crippen molar-refractivity contribution in [3.63, 3.8) is 0 Å². The van der Waals surface area contributed by atoms with Gasteiger partial charge in [-0.05, 0) is 0 Å². The van der Waals surface area contributed by atoms with Crippen molar-refractivity contribution >= 4 is 28.3 Å². The van der Waals surface area contributed by atoms with Crippen LogP contribution in [0.2, 0.25) is 0 Å². The normalized spacial score (nSPS) is 26.7. The standard InChI is InChI=1S/C23H28N8O10/c1-26-10-12(28(3)19(37)30(5)14(10)33)24-16(26)22(40)8-21(39,18(35)36)7-9(32)23(22,41)17-25-13-11(27(17)2)15(34)31(6)20(38)29(13)4/h9,32,39-41H,7-8H2,1-6H3,(H,35,36)/t9-,21?,22-,23?/m1/s1. The van der Waals surface area contributed by atoms with E-state index in [4.69, 9.17) is 0 Å². The second-order valence-electron chi connectivity index (χ2n) is 10.6. The van der Waals surface area contributed by atoms with Crippen LogP contribution < -0.4 is 22.5 Å². The van der Waals surface area contributed by atoms with Crippen LogP contribution in [-0.2, 0) is 58.3 Å². The molecule has 4 atom stereocenters. The number of carboxylic acids is 1. The Morgan fingerprint density at radius 2 is 1.15 bits per heavy atom. The van der Waals surface area contributed by atoms with Gasteiger partial charge in [0, 0.05) is 55.1 Å². The predicted molar refractivity (Wildman–Crippen MR) is 138 cm³/mol. The first-order valence-corrected chi connectivity index (χ1v) is 12.2. The average molecular weight is 577 g/mol. The number of hydrogen-bond donors (Lipinski definition) is 5. The van der Waals surface area contributed by atoms with Crippen LogP contribution in [0, 0.1) is 0 Å². The zero-order chi connectivity index (χ0) is 30.7. The maximum Gasteiger partial charge on any atom is 0.335 e. The van der Waals surface area contributed by atoms with Crippen molar-refractivity contribution in [2.75, 3.05) is 0 Å². The maximum absolute atomic E-state index is 13.0. The van der Waals surface area contributed by atoms with Crippen molar-refractivity contribution in [2.45, 2.75) is 35.7 Å². The lowest BCUT2D eigenvalue weighted by molar-refractivity contribution is -0.281. The number of aliphatic carboxylic acids is 1. The molecular weight excluding hydrogens is 548 g/mol. The first-order valence-electron chi connectivity index (χ1n) is 12.2. The van der Waals surface area contributed by atoms with Crippen molar-refractivity contribution in [3.8, 4) is 0 Å². The average Bonchev–Trinajstić information content (AvgIpc) is 3.44. The van der Waals surface area contributed by atoms with Crippen LogP contribution in [-0.4, -0.2) is 80.6 Å². The number of nitrogens with zero attached hydrogens (tertiary/aromatic N) is 8. The topological polar surface area (TPSA) is 242 Å². The van der Waals surface area contributed by atoms with Crippen LogP contribution in [0.3, 0.4) is 0 Å². The number of fused-ring (bicyclic) bond motifs is 2. The van der Waals surface area contributed by atoms with E-state index in [-0.39, 0.29) is 22.3 Å². The number of aliphatic hydroxyl groups excluding tert-OH is 1.